The fraction of sp³-hybridized carbons (Fsp3) is 0.917. The molecular formula is C12H22N2O. The number of nitrogens with zero attached hydrogens (tertiary/aromatic N) is 1. The van der Waals surface area contributed by atoms with Gasteiger partial charge in [0.25, 0.3) is 0 Å². The number of aliphatic imine (C=N–C) groups is 1. The molecule has 0 amide bonds. The highest BCUT2D eigenvalue weighted by molar-refractivity contribution is 5.83. The number of hydrogen-bond donors (Lipinski definition) is 1. The number of ether oxygens (including phenoxy) is 1. The highest BCUT2D eigenvalue weighted by atomic mass is 16.5. The number of rotatable bonds is 1. The smallest absolute Gasteiger partial charge is 0.201 e. The topological polar surface area (TPSA) is 33.6 Å². The van der Waals surface area contributed by atoms with Crippen LogP contribution in [0, 0.1) is 5.41 Å². The predicted molar refractivity (Wildman–Crippen MR) is 62.3 cm³/mol. The molecule has 2 aliphatic rings. The van der Waals surface area contributed by atoms with E-state index >= 15 is 0 Å². The van der Waals surface area contributed by atoms with E-state index in [1.165, 1.54) is 19.3 Å². The molecule has 2 rings (SSSR count). The summed E-state index contributed by atoms with van der Waals surface area (Å²) in [5, 5.41) is 3.48. The Balaban J connectivity index is 1.99. The van der Waals surface area contributed by atoms with Gasteiger partial charge in [-0.2, -0.15) is 0 Å². The first-order chi connectivity index (χ1) is 7.07. The molecule has 0 saturated carbocycles. The Bertz CT molecular complexity index is 249. The fourth-order valence-corrected chi connectivity index (χ4v) is 2.09. The molecule has 0 aromatic rings. The Labute approximate surface area is 92.3 Å². The summed E-state index contributed by atoms with van der Waals surface area (Å²) >= 11 is 0. The summed E-state index contributed by atoms with van der Waals surface area (Å²) < 4.78 is 5.72. The minimum Gasteiger partial charge on any atom is -0.478 e. The van der Waals surface area contributed by atoms with Crippen molar-refractivity contribution in [2.45, 2.75) is 52.1 Å². The summed E-state index contributed by atoms with van der Waals surface area (Å²) in [6.07, 6.45) is 3.75. The molecule has 0 spiro atoms. The van der Waals surface area contributed by atoms with Crippen LogP contribution < -0.4 is 5.32 Å². The Kier molecular flexibility index (Phi) is 3.01. The third-order valence-corrected chi connectivity index (χ3v) is 3.28. The van der Waals surface area contributed by atoms with Gasteiger partial charge in [-0.3, -0.25) is 0 Å². The highest BCUT2D eigenvalue weighted by Gasteiger charge is 2.33. The normalized spacial score (nSPS) is 32.3. The molecule has 0 radical (unpaired) electrons. The van der Waals surface area contributed by atoms with Crippen LogP contribution in [-0.2, 0) is 4.74 Å². The van der Waals surface area contributed by atoms with Crippen LogP contribution in [0.15, 0.2) is 4.99 Å². The molecule has 15 heavy (non-hydrogen) atoms. The second-order valence-electron chi connectivity index (χ2n) is 5.66. The van der Waals surface area contributed by atoms with E-state index in [1.54, 1.807) is 0 Å². The van der Waals surface area contributed by atoms with Crippen LogP contribution in [0.2, 0.25) is 0 Å². The van der Waals surface area contributed by atoms with Crippen LogP contribution in [0.1, 0.15) is 40.0 Å². The van der Waals surface area contributed by atoms with Crippen molar-refractivity contribution in [1.29, 1.82) is 0 Å². The van der Waals surface area contributed by atoms with Crippen LogP contribution in [0.25, 0.3) is 0 Å². The molecule has 0 aliphatic carbocycles. The van der Waals surface area contributed by atoms with Gasteiger partial charge in [-0.25, -0.2) is 4.99 Å². The second kappa shape index (κ2) is 4.12. The van der Waals surface area contributed by atoms with Gasteiger partial charge in [0.05, 0.1) is 12.1 Å². The lowest BCUT2D eigenvalue weighted by Crippen LogP contribution is -2.40. The average molecular weight is 210 g/mol. The molecule has 0 bridgehead atoms. The van der Waals surface area contributed by atoms with Crippen molar-refractivity contribution in [2.24, 2.45) is 10.4 Å². The molecule has 2 unspecified atom stereocenters. The first-order valence-corrected chi connectivity index (χ1v) is 6.01. The lowest BCUT2D eigenvalue weighted by Gasteiger charge is -2.22. The Morgan fingerprint density at radius 2 is 2.13 bits per heavy atom. The number of hydrogen-bond acceptors (Lipinski definition) is 3. The monoisotopic (exact) mass is 210 g/mol. The fourth-order valence-electron chi connectivity index (χ4n) is 2.09. The van der Waals surface area contributed by atoms with Gasteiger partial charge in [-0.05, 0) is 24.8 Å². The average Bonchev–Trinajstić information content (AvgIpc) is 2.67. The van der Waals surface area contributed by atoms with Gasteiger partial charge in [0.15, 0.2) is 0 Å². The molecule has 2 heterocycles. The molecule has 2 atom stereocenters. The van der Waals surface area contributed by atoms with Gasteiger partial charge in [0.2, 0.25) is 5.90 Å². The van der Waals surface area contributed by atoms with E-state index in [0.717, 1.165) is 19.0 Å². The van der Waals surface area contributed by atoms with E-state index in [2.05, 4.69) is 26.1 Å². The third-order valence-electron chi connectivity index (χ3n) is 3.28. The van der Waals surface area contributed by atoms with Gasteiger partial charge in [0, 0.05) is 0 Å². The van der Waals surface area contributed by atoms with Crippen molar-refractivity contribution in [2.75, 3.05) is 13.2 Å². The molecule has 1 fully saturated rings. The van der Waals surface area contributed by atoms with Gasteiger partial charge in [-0.15, -0.1) is 0 Å². The van der Waals surface area contributed by atoms with Crippen LogP contribution >= 0.6 is 0 Å². The van der Waals surface area contributed by atoms with Gasteiger partial charge >= 0.3 is 0 Å². The molecule has 1 N–H and O–H groups in total. The van der Waals surface area contributed by atoms with Crippen molar-refractivity contribution < 1.29 is 4.74 Å². The van der Waals surface area contributed by atoms with Crippen LogP contribution in [0.3, 0.4) is 0 Å². The van der Waals surface area contributed by atoms with Gasteiger partial charge < -0.3 is 10.1 Å². The maximum atomic E-state index is 5.72. The van der Waals surface area contributed by atoms with Crippen molar-refractivity contribution in [3.63, 3.8) is 0 Å². The van der Waals surface area contributed by atoms with Crippen molar-refractivity contribution in [3.8, 4) is 0 Å². The molecule has 2 aliphatic heterocycles. The first-order valence-electron chi connectivity index (χ1n) is 6.01. The molecular weight excluding hydrogens is 188 g/mol. The van der Waals surface area contributed by atoms with Crippen molar-refractivity contribution >= 4 is 5.90 Å². The van der Waals surface area contributed by atoms with Crippen LogP contribution in [0.5, 0.6) is 0 Å². The maximum absolute atomic E-state index is 5.72. The molecule has 1 saturated heterocycles. The summed E-state index contributed by atoms with van der Waals surface area (Å²) in [6.45, 7) is 8.54. The zero-order chi connectivity index (χ0) is 10.9. The Hall–Kier alpha value is -0.570. The number of nitrogens with one attached hydrogen (secondary N) is 1. The van der Waals surface area contributed by atoms with Gasteiger partial charge in [0.1, 0.15) is 6.61 Å². The Morgan fingerprint density at radius 3 is 2.67 bits per heavy atom. The number of piperidine rings is 1. The van der Waals surface area contributed by atoms with Crippen LogP contribution in [0.4, 0.5) is 0 Å². The zero-order valence-electron chi connectivity index (χ0n) is 10.0. The summed E-state index contributed by atoms with van der Waals surface area (Å²) in [6, 6.07) is 0.710. The molecule has 86 valence electrons. The molecule has 0 aromatic heterocycles. The van der Waals surface area contributed by atoms with E-state index < -0.39 is 0 Å². The van der Waals surface area contributed by atoms with E-state index in [-0.39, 0.29) is 5.41 Å². The zero-order valence-corrected chi connectivity index (χ0v) is 10.0. The maximum Gasteiger partial charge on any atom is 0.201 e. The quantitative estimate of drug-likeness (QED) is 0.718. The lowest BCUT2D eigenvalue weighted by molar-refractivity contribution is 0.228. The molecule has 0 aromatic carbocycles. The summed E-state index contributed by atoms with van der Waals surface area (Å²) in [4.78, 5) is 4.71. The predicted octanol–water partition coefficient (Wildman–Crippen LogP) is 1.97. The van der Waals surface area contributed by atoms with E-state index in [0.29, 0.717) is 12.1 Å². The highest BCUT2D eigenvalue weighted by Crippen LogP contribution is 2.27. The SMILES string of the molecule is CC(C)(C)C1COC(C2CCCCN2)=N1. The van der Waals surface area contributed by atoms with E-state index in [9.17, 15) is 0 Å². The van der Waals surface area contributed by atoms with E-state index in [1.807, 2.05) is 0 Å². The Morgan fingerprint density at radius 1 is 1.33 bits per heavy atom. The standard InChI is InChI=1S/C12H22N2O/c1-12(2,3)10-8-15-11(14-10)9-6-4-5-7-13-9/h9-10,13H,4-8H2,1-3H3. The first kappa shape index (κ1) is 10.9. The summed E-state index contributed by atoms with van der Waals surface area (Å²) in [5.74, 6) is 0.953. The van der Waals surface area contributed by atoms with Crippen LogP contribution in [-0.4, -0.2) is 31.1 Å². The van der Waals surface area contributed by atoms with E-state index in [4.69, 9.17) is 9.73 Å². The third kappa shape index (κ3) is 2.51. The minimum absolute atomic E-state index is 0.219. The largest absolute Gasteiger partial charge is 0.478 e. The second-order valence-corrected chi connectivity index (χ2v) is 5.66. The van der Waals surface area contributed by atoms with Crippen molar-refractivity contribution in [3.05, 3.63) is 0 Å². The summed E-state index contributed by atoms with van der Waals surface area (Å²) in [7, 11) is 0. The molecule has 3 nitrogen and oxygen atoms in total. The van der Waals surface area contributed by atoms with Crippen molar-refractivity contribution in [1.82, 2.24) is 5.32 Å². The summed E-state index contributed by atoms with van der Waals surface area (Å²) in [5.41, 5.74) is 0.219. The lowest BCUT2D eigenvalue weighted by atomic mass is 9.88. The van der Waals surface area contributed by atoms with Gasteiger partial charge in [-0.1, -0.05) is 27.2 Å². The molecule has 3 heteroatoms. The minimum atomic E-state index is 0.219.